The predicted octanol–water partition coefficient (Wildman–Crippen LogP) is 25.2. The van der Waals surface area contributed by atoms with Crippen molar-refractivity contribution in [1.82, 2.24) is 0 Å². The number of nitrogen functional groups attached to an aromatic ring is 1. The van der Waals surface area contributed by atoms with E-state index in [1.807, 2.05) is 60.7 Å². The third-order valence-electron chi connectivity index (χ3n) is 18.0. The van der Waals surface area contributed by atoms with E-state index in [2.05, 4.69) is 111 Å². The molecule has 0 aliphatic carbocycles. The number of isothiocyanates is 2. The Hall–Kier alpha value is -14.2. The van der Waals surface area contributed by atoms with Crippen molar-refractivity contribution < 1.29 is 124 Å². The van der Waals surface area contributed by atoms with Gasteiger partial charge in [0.25, 0.3) is 29.5 Å². The normalized spacial score (nSPS) is 12.7. The van der Waals surface area contributed by atoms with Gasteiger partial charge in [-0.05, 0) is 205 Å². The maximum absolute atomic E-state index is 13.0. The van der Waals surface area contributed by atoms with Gasteiger partial charge in [-0.25, -0.2) is 42.6 Å². The molecular weight excluding hydrogens is 2100 g/mol. The number of nitrogens with zero attached hydrogens (tertiary/aromatic N) is 10. The Balaban J connectivity index is 0.000000900. The number of alkyl halides is 15. The molecule has 148 heavy (non-hydrogen) atoms. The van der Waals surface area contributed by atoms with Crippen LogP contribution in [0.3, 0.4) is 0 Å². The average molecular weight is 2200 g/mol. The fourth-order valence-corrected chi connectivity index (χ4v) is 15.9. The number of thiocarbonyl (C=S) groups is 2. The van der Waals surface area contributed by atoms with Crippen LogP contribution in [0.5, 0.6) is 0 Å². The van der Waals surface area contributed by atoms with Gasteiger partial charge in [0, 0.05) is 101 Å². The summed E-state index contributed by atoms with van der Waals surface area (Å²) in [6.07, 6.45) is -23.7. The number of carbonyl (C=O) groups excluding carboxylic acids is 5. The quantitative estimate of drug-likeness (QED) is 0.00276. The van der Waals surface area contributed by atoms with Gasteiger partial charge in [-0.1, -0.05) is 117 Å². The number of benzene rings is 10. The number of nitrogens with two attached hydrogens (primary N) is 2. The summed E-state index contributed by atoms with van der Waals surface area (Å²) in [5, 5.41) is 70.6. The SMILES string of the molecule is C.C.CN.CN=C=S.CN=C=S.[C-]#[N+]c1ccc(NC(=O)[C@@](C)(O)CS(=O)(=O)c2ccccc2)cc1C(F)(F)F.[C-]#[N+]c1ccc(NC(=O)[C@@](C)(O)CSc2ccc(N)cc2)cc1C(F)(F)F.[C-]#[N+]c1ccc(NC(=O)[C@@](C)(O)CSc2ccc(N=[N+]=[N-])cc2)cc1C(F)(F)F.[C-]#[N+]c1ccc(NC(=O)[C@@](C)(O)CSc2ccccc2)cc1C(F)(F)F.[C-]#[N+]c1ccc(NC(=O)[C@@](C)(O)CSc2ccccc2)cc1C(F)(F)F. The van der Waals surface area contributed by atoms with Gasteiger partial charge in [-0.2, -0.15) is 65.9 Å². The number of hydrogen-bond acceptors (Lipinski definition) is 23. The van der Waals surface area contributed by atoms with Crippen LogP contribution >= 0.6 is 71.5 Å². The van der Waals surface area contributed by atoms with Crippen molar-refractivity contribution >= 4 is 189 Å². The van der Waals surface area contributed by atoms with Crippen molar-refractivity contribution in [3.63, 3.8) is 0 Å². The number of anilines is 6. The smallest absolute Gasteiger partial charge is 0.399 e. The summed E-state index contributed by atoms with van der Waals surface area (Å²) < 4.78 is 220. The summed E-state index contributed by atoms with van der Waals surface area (Å²) in [5.41, 5.74) is 0.0382. The number of aliphatic hydroxyl groups is 5. The summed E-state index contributed by atoms with van der Waals surface area (Å²) >= 11 is 13.1. The highest BCUT2D eigenvalue weighted by Gasteiger charge is 2.43. The molecule has 786 valence electrons. The summed E-state index contributed by atoms with van der Waals surface area (Å²) in [5.74, 6) is -5.62. The number of rotatable bonds is 26. The molecule has 0 aromatic heterocycles. The zero-order valence-corrected chi connectivity index (χ0v) is 82.9. The van der Waals surface area contributed by atoms with Gasteiger partial charge in [-0.3, -0.25) is 24.0 Å². The minimum atomic E-state index is -4.82. The molecule has 10 aromatic rings. The molecule has 0 aliphatic heterocycles. The van der Waals surface area contributed by atoms with Crippen molar-refractivity contribution in [2.75, 3.05) is 82.2 Å². The first-order chi connectivity index (χ1) is 68.0. The van der Waals surface area contributed by atoms with Gasteiger partial charge in [-0.15, -0.1) is 47.0 Å². The number of amides is 5. The topological polar surface area (TPSA) is 428 Å². The number of nitrogens with one attached hydrogen (secondary N) is 5. The van der Waals surface area contributed by atoms with Gasteiger partial charge < -0.3 is 63.6 Å². The zero-order valence-electron chi connectivity index (χ0n) is 77.2. The zero-order chi connectivity index (χ0) is 111. The van der Waals surface area contributed by atoms with E-state index in [1.54, 1.807) is 68.7 Å². The van der Waals surface area contributed by atoms with Crippen LogP contribution in [0.15, 0.2) is 270 Å². The summed E-state index contributed by atoms with van der Waals surface area (Å²) in [6, 6.07) is 52.4. The van der Waals surface area contributed by atoms with E-state index in [0.29, 0.717) is 46.6 Å². The summed E-state index contributed by atoms with van der Waals surface area (Å²) in [6.45, 7) is 40.1. The third-order valence-corrected chi connectivity index (χ3v) is 25.6. The molecular formula is C97H94F15N17O12S7. The van der Waals surface area contributed by atoms with Crippen molar-refractivity contribution in [2.24, 2.45) is 20.8 Å². The first-order valence-corrected chi connectivity index (χ1v) is 47.0. The first kappa shape index (κ1) is 132. The molecule has 5 amide bonds. The molecule has 0 heterocycles. The van der Waals surface area contributed by atoms with Crippen LogP contribution < -0.4 is 38.1 Å². The van der Waals surface area contributed by atoms with Gasteiger partial charge >= 0.3 is 30.9 Å². The molecule has 0 aliphatic rings. The molecule has 0 saturated heterocycles. The molecule has 0 radical (unpaired) electrons. The van der Waals surface area contributed by atoms with Crippen molar-refractivity contribution in [3.05, 3.63) is 326 Å². The van der Waals surface area contributed by atoms with Crippen LogP contribution in [0.4, 0.5) is 134 Å². The lowest BCUT2D eigenvalue weighted by Gasteiger charge is -2.22. The number of carbonyl (C=O) groups is 5. The second-order valence-electron chi connectivity index (χ2n) is 30.1. The molecule has 0 unspecified atom stereocenters. The van der Waals surface area contributed by atoms with E-state index in [4.69, 9.17) is 44.1 Å². The Morgan fingerprint density at radius 2 is 0.568 bits per heavy atom. The highest BCUT2D eigenvalue weighted by molar-refractivity contribution is 8.00. The van der Waals surface area contributed by atoms with E-state index in [0.717, 1.165) is 75.8 Å². The lowest BCUT2D eigenvalue weighted by Crippen LogP contribution is -2.45. The van der Waals surface area contributed by atoms with Gasteiger partial charge in [0.1, 0.15) is 22.4 Å². The second kappa shape index (κ2) is 60.2. The molecule has 10 rings (SSSR count). The molecule has 0 spiro atoms. The minimum absolute atomic E-state index is 0. The lowest BCUT2D eigenvalue weighted by atomic mass is 10.1. The Morgan fingerprint density at radius 3 is 0.770 bits per heavy atom. The average Bonchev–Trinajstić information content (AvgIpc) is 0.792. The van der Waals surface area contributed by atoms with E-state index in [-0.39, 0.29) is 71.2 Å². The molecule has 51 heteroatoms. The summed E-state index contributed by atoms with van der Waals surface area (Å²) in [7, 11) is 0.653. The second-order valence-corrected chi connectivity index (χ2v) is 36.6. The van der Waals surface area contributed by atoms with Crippen molar-refractivity contribution in [1.29, 1.82) is 0 Å². The van der Waals surface area contributed by atoms with Gasteiger partial charge in [0.2, 0.25) is 0 Å². The molecule has 5 atom stereocenters. The highest BCUT2D eigenvalue weighted by atomic mass is 32.2. The van der Waals surface area contributed by atoms with E-state index < -0.39 is 160 Å². The fourth-order valence-electron chi connectivity index (χ4n) is 10.6. The number of azide groups is 1. The van der Waals surface area contributed by atoms with Crippen LogP contribution in [-0.2, 0) is 64.7 Å². The van der Waals surface area contributed by atoms with Crippen LogP contribution in [0.1, 0.15) is 77.3 Å². The number of thioether (sulfide) groups is 4. The molecule has 0 saturated carbocycles. The van der Waals surface area contributed by atoms with Crippen LogP contribution in [-0.4, -0.2) is 152 Å². The van der Waals surface area contributed by atoms with E-state index in [9.17, 15) is 124 Å². The molecule has 0 fully saturated rings. The fraction of sp³-hybridized carbons (Fsp3) is 0.258. The van der Waals surface area contributed by atoms with Crippen molar-refractivity contribution in [3.8, 4) is 0 Å². The van der Waals surface area contributed by atoms with E-state index in [1.165, 1.54) is 112 Å². The van der Waals surface area contributed by atoms with Crippen LogP contribution in [0.25, 0.3) is 34.7 Å². The predicted molar refractivity (Wildman–Crippen MR) is 551 cm³/mol. The largest absolute Gasteiger partial charge is 0.407 e. The van der Waals surface area contributed by atoms with Crippen molar-refractivity contribution in [2.45, 2.75) is 133 Å². The summed E-state index contributed by atoms with van der Waals surface area (Å²) in [4.78, 5) is 87.8. The highest BCUT2D eigenvalue weighted by Crippen LogP contribution is 2.45. The maximum atomic E-state index is 13.0. The molecule has 29 nitrogen and oxygen atoms in total. The minimum Gasteiger partial charge on any atom is -0.399 e. The van der Waals surface area contributed by atoms with Crippen LogP contribution in [0, 0.1) is 32.9 Å². The Labute approximate surface area is 869 Å². The lowest BCUT2D eigenvalue weighted by molar-refractivity contribution is -0.137. The number of sulfone groups is 1. The number of aliphatic imine (C=N–C) groups is 2. The first-order valence-electron chi connectivity index (χ1n) is 40.6. The monoisotopic (exact) mass is 2200 g/mol. The molecule has 10 aromatic carbocycles. The third kappa shape index (κ3) is 44.2. The van der Waals surface area contributed by atoms with Gasteiger partial charge in [0.15, 0.2) is 43.9 Å². The Kier molecular flexibility index (Phi) is 53.6. The number of hydrogen-bond donors (Lipinski definition) is 12. The van der Waals surface area contributed by atoms with E-state index >= 15 is 0 Å². The van der Waals surface area contributed by atoms with Gasteiger partial charge in [0.05, 0.1) is 81.6 Å². The Bertz CT molecular complexity index is 6490. The standard InChI is InChI=1S/C18H14F3N5O2S.C18H16F3N3O2S.C18H15F3N2O4S.2C18H15F3N2O2S.2C2H3NS.CH5N.2CH4/c1-17(28,10-29-13-6-3-11(4-7-13)25-26-22)16(27)24-12-5-8-15(23-2)14(9-12)18(19,20)21;1-17(26,10-27-13-6-3-11(22)4-7-13)16(25)24-12-5-8-15(23-2)14(9-12)18(19,20)21;1-17(25,11-28(26,27)13-6-4-3-5-7-13)16(24)23-12-8-9-15(22-2)14(10-12)18(19,20)21;2*1-17(25,11-26-13-6-4-3-5-7-13)16(24)23-12-8-9-15(22-2)14(10-12)18(19,20)21;2*1-3-2-4;1-2;;/h3-9,28H,10H2,1H3,(H,24,27);3-9,26H,10,22H2,1H3,(H,24,25);3-10,25H,11H2,1H3,(H,23,24);2*3-10,25H,11H2,1H3,(H,23,24);2*1H3;2H2,1H3;2*1H4/t5*17-;;;;;/m00000...../s1. The maximum Gasteiger partial charge on any atom is 0.407 e. The number of halogens is 15. The molecule has 14 N–H and O–H groups in total. The van der Waals surface area contributed by atoms with Crippen LogP contribution in [0.2, 0.25) is 0 Å². The molecule has 0 bridgehead atoms. The Morgan fingerprint density at radius 1 is 0.365 bits per heavy atom.